The first kappa shape index (κ1) is 13.4. The summed E-state index contributed by atoms with van der Waals surface area (Å²) in [5.41, 5.74) is 6.89. The van der Waals surface area contributed by atoms with Crippen molar-refractivity contribution in [3.63, 3.8) is 0 Å². The van der Waals surface area contributed by atoms with E-state index in [4.69, 9.17) is 5.73 Å². The zero-order valence-electron chi connectivity index (χ0n) is 10.3. The molecule has 1 saturated carbocycles. The van der Waals surface area contributed by atoms with E-state index in [1.807, 2.05) is 0 Å². The molecule has 3 nitrogen and oxygen atoms in total. The molecule has 3 unspecified atom stereocenters. The number of alkyl halides is 3. The van der Waals surface area contributed by atoms with Crippen molar-refractivity contribution in [2.75, 3.05) is 0 Å². The first-order valence-corrected chi connectivity index (χ1v) is 6.18. The second-order valence-corrected chi connectivity index (χ2v) is 5.14. The fourth-order valence-corrected chi connectivity index (χ4v) is 2.74. The molecule has 2 rings (SSSR count). The Hall–Kier alpha value is -1.04. The lowest BCUT2D eigenvalue weighted by atomic mass is 9.76. The Kier molecular flexibility index (Phi) is 3.66. The van der Waals surface area contributed by atoms with Gasteiger partial charge in [0.1, 0.15) is 0 Å². The predicted octanol–water partition coefficient (Wildman–Crippen LogP) is 2.79. The molecule has 0 bridgehead atoms. The van der Waals surface area contributed by atoms with Crippen molar-refractivity contribution < 1.29 is 13.2 Å². The molecular formula is C12H18F3N3. The van der Waals surface area contributed by atoms with Crippen LogP contribution in [-0.4, -0.2) is 16.0 Å². The van der Waals surface area contributed by atoms with Crippen molar-refractivity contribution in [2.24, 2.45) is 24.6 Å². The van der Waals surface area contributed by atoms with Gasteiger partial charge in [0.25, 0.3) is 0 Å². The second-order valence-electron chi connectivity index (χ2n) is 5.14. The predicted molar refractivity (Wildman–Crippen MR) is 61.6 cm³/mol. The number of rotatable bonds is 2. The highest BCUT2D eigenvalue weighted by atomic mass is 19.4. The van der Waals surface area contributed by atoms with Crippen LogP contribution in [0.15, 0.2) is 12.4 Å². The van der Waals surface area contributed by atoms with Crippen molar-refractivity contribution >= 4 is 0 Å². The molecule has 3 atom stereocenters. The third-order valence-electron chi connectivity index (χ3n) is 3.80. The highest BCUT2D eigenvalue weighted by Gasteiger charge is 2.43. The number of nitrogens with two attached hydrogens (primary N) is 1. The van der Waals surface area contributed by atoms with E-state index in [2.05, 4.69) is 5.10 Å². The van der Waals surface area contributed by atoms with Gasteiger partial charge in [-0.3, -0.25) is 4.68 Å². The Morgan fingerprint density at radius 2 is 2.17 bits per heavy atom. The Labute approximate surface area is 104 Å². The number of nitrogens with zero attached hydrogens (tertiary/aromatic N) is 2. The van der Waals surface area contributed by atoms with E-state index in [0.717, 1.165) is 12.0 Å². The van der Waals surface area contributed by atoms with Crippen LogP contribution in [0.4, 0.5) is 13.2 Å². The van der Waals surface area contributed by atoms with Gasteiger partial charge in [0.05, 0.1) is 12.1 Å². The third kappa shape index (κ3) is 2.85. The molecule has 0 aliphatic heterocycles. The van der Waals surface area contributed by atoms with Crippen LogP contribution in [0.2, 0.25) is 0 Å². The van der Waals surface area contributed by atoms with Crippen LogP contribution in [-0.2, 0) is 7.05 Å². The quantitative estimate of drug-likeness (QED) is 0.889. The van der Waals surface area contributed by atoms with Crippen LogP contribution in [0.1, 0.15) is 37.3 Å². The summed E-state index contributed by atoms with van der Waals surface area (Å²) in [5.74, 6) is -1.30. The zero-order valence-corrected chi connectivity index (χ0v) is 10.3. The molecule has 0 radical (unpaired) electrons. The van der Waals surface area contributed by atoms with Crippen molar-refractivity contribution in [3.8, 4) is 0 Å². The van der Waals surface area contributed by atoms with Crippen LogP contribution < -0.4 is 5.73 Å². The molecule has 1 aliphatic rings. The molecule has 0 saturated heterocycles. The van der Waals surface area contributed by atoms with E-state index >= 15 is 0 Å². The van der Waals surface area contributed by atoms with E-state index in [1.165, 1.54) is 0 Å². The number of hydrogen-bond donors (Lipinski definition) is 1. The molecule has 1 fully saturated rings. The maximum absolute atomic E-state index is 12.7. The number of aryl methyl sites for hydroxylation is 1. The maximum Gasteiger partial charge on any atom is 0.391 e. The average molecular weight is 261 g/mol. The van der Waals surface area contributed by atoms with E-state index in [0.29, 0.717) is 6.42 Å². The van der Waals surface area contributed by atoms with Gasteiger partial charge in [-0.1, -0.05) is 6.42 Å². The molecule has 102 valence electrons. The minimum atomic E-state index is -4.09. The monoisotopic (exact) mass is 261 g/mol. The van der Waals surface area contributed by atoms with E-state index in [1.54, 1.807) is 24.1 Å². The molecule has 0 spiro atoms. The fraction of sp³-hybridized carbons (Fsp3) is 0.750. The first-order chi connectivity index (χ1) is 8.38. The van der Waals surface area contributed by atoms with Gasteiger partial charge < -0.3 is 5.73 Å². The Morgan fingerprint density at radius 1 is 1.44 bits per heavy atom. The molecule has 6 heteroatoms. The summed E-state index contributed by atoms with van der Waals surface area (Å²) in [7, 11) is 1.77. The minimum Gasteiger partial charge on any atom is -0.324 e. The number of halogens is 3. The molecule has 1 aromatic rings. The Morgan fingerprint density at radius 3 is 2.72 bits per heavy atom. The smallest absolute Gasteiger partial charge is 0.324 e. The minimum absolute atomic E-state index is 0.102. The lowest BCUT2D eigenvalue weighted by Gasteiger charge is -2.33. The highest BCUT2D eigenvalue weighted by molar-refractivity contribution is 5.11. The summed E-state index contributed by atoms with van der Waals surface area (Å²) in [6, 6.07) is -0.344. The average Bonchev–Trinajstić information content (AvgIpc) is 2.74. The van der Waals surface area contributed by atoms with Gasteiger partial charge in [-0.05, 0) is 25.2 Å². The van der Waals surface area contributed by atoms with Gasteiger partial charge in [0.2, 0.25) is 0 Å². The number of aromatic nitrogens is 2. The van der Waals surface area contributed by atoms with Gasteiger partial charge in [0.15, 0.2) is 0 Å². The second kappa shape index (κ2) is 4.91. The Bertz CT molecular complexity index is 400. The summed E-state index contributed by atoms with van der Waals surface area (Å²) >= 11 is 0. The summed E-state index contributed by atoms with van der Waals surface area (Å²) in [6.45, 7) is 0. The largest absolute Gasteiger partial charge is 0.391 e. The Balaban J connectivity index is 2.05. The van der Waals surface area contributed by atoms with Crippen molar-refractivity contribution in [2.45, 2.75) is 37.9 Å². The van der Waals surface area contributed by atoms with E-state index in [9.17, 15) is 13.2 Å². The summed E-state index contributed by atoms with van der Waals surface area (Å²) in [4.78, 5) is 0. The SMILES string of the molecule is Cn1cc(C(N)C2CCCC(C(F)(F)F)C2)cn1. The number of hydrogen-bond acceptors (Lipinski definition) is 2. The van der Waals surface area contributed by atoms with Gasteiger partial charge in [-0.15, -0.1) is 0 Å². The summed E-state index contributed by atoms with van der Waals surface area (Å²) in [5, 5.41) is 4.01. The van der Waals surface area contributed by atoms with Gasteiger partial charge in [0, 0.05) is 24.8 Å². The lowest BCUT2D eigenvalue weighted by Crippen LogP contribution is -2.33. The van der Waals surface area contributed by atoms with Crippen molar-refractivity contribution in [3.05, 3.63) is 18.0 Å². The zero-order chi connectivity index (χ0) is 13.3. The topological polar surface area (TPSA) is 43.8 Å². The molecule has 0 amide bonds. The molecule has 1 heterocycles. The van der Waals surface area contributed by atoms with Crippen molar-refractivity contribution in [1.82, 2.24) is 9.78 Å². The normalized spacial score (nSPS) is 27.2. The van der Waals surface area contributed by atoms with Gasteiger partial charge in [-0.2, -0.15) is 18.3 Å². The summed E-state index contributed by atoms with van der Waals surface area (Å²) in [6.07, 6.45) is 1.07. The van der Waals surface area contributed by atoms with Crippen LogP contribution in [0.3, 0.4) is 0 Å². The highest BCUT2D eigenvalue weighted by Crippen LogP contribution is 2.43. The van der Waals surface area contributed by atoms with Crippen molar-refractivity contribution in [1.29, 1.82) is 0 Å². The van der Waals surface area contributed by atoms with Gasteiger partial charge in [-0.25, -0.2) is 0 Å². The van der Waals surface area contributed by atoms with E-state index in [-0.39, 0.29) is 24.8 Å². The molecule has 1 aliphatic carbocycles. The molecule has 1 aromatic heterocycles. The van der Waals surface area contributed by atoms with Crippen LogP contribution in [0, 0.1) is 11.8 Å². The molecule has 0 aromatic carbocycles. The van der Waals surface area contributed by atoms with Gasteiger partial charge >= 0.3 is 6.18 Å². The van der Waals surface area contributed by atoms with E-state index < -0.39 is 12.1 Å². The van der Waals surface area contributed by atoms with Crippen LogP contribution >= 0.6 is 0 Å². The molecule has 2 N–H and O–H groups in total. The third-order valence-corrected chi connectivity index (χ3v) is 3.80. The standard InChI is InChI=1S/C12H18F3N3/c1-18-7-9(6-17-18)11(16)8-3-2-4-10(5-8)12(13,14)15/h6-8,10-11H,2-5,16H2,1H3. The first-order valence-electron chi connectivity index (χ1n) is 6.18. The maximum atomic E-state index is 12.7. The molecule has 18 heavy (non-hydrogen) atoms. The summed E-state index contributed by atoms with van der Waals surface area (Å²) < 4.78 is 39.8. The molecular weight excluding hydrogens is 243 g/mol. The van der Waals surface area contributed by atoms with Crippen LogP contribution in [0.5, 0.6) is 0 Å². The fourth-order valence-electron chi connectivity index (χ4n) is 2.74. The van der Waals surface area contributed by atoms with Crippen LogP contribution in [0.25, 0.3) is 0 Å². The lowest BCUT2D eigenvalue weighted by molar-refractivity contribution is -0.186.